The van der Waals surface area contributed by atoms with Crippen LogP contribution in [0.2, 0.25) is 5.02 Å². The molecule has 0 radical (unpaired) electrons. The Bertz CT molecular complexity index is 552. The highest BCUT2D eigenvalue weighted by Crippen LogP contribution is 2.16. The Labute approximate surface area is 110 Å². The molecule has 1 aromatic rings. The van der Waals surface area contributed by atoms with Crippen molar-refractivity contribution < 1.29 is 13.6 Å². The third-order valence-corrected chi connectivity index (χ3v) is 4.19. The molecule has 0 fully saturated rings. The predicted molar refractivity (Wildman–Crippen MR) is 69.3 cm³/mol. The van der Waals surface area contributed by atoms with Crippen molar-refractivity contribution >= 4 is 27.5 Å². The van der Waals surface area contributed by atoms with Crippen molar-refractivity contribution in [3.05, 3.63) is 29.3 Å². The van der Waals surface area contributed by atoms with Gasteiger partial charge in [0.25, 0.3) is 0 Å². The normalized spacial score (nSPS) is 13.6. The predicted octanol–water partition coefficient (Wildman–Crippen LogP) is 1.14. The largest absolute Gasteiger partial charge is 0.409 e. The highest BCUT2D eigenvalue weighted by Gasteiger charge is 2.30. The lowest BCUT2D eigenvalue weighted by Gasteiger charge is -2.24. The van der Waals surface area contributed by atoms with Crippen molar-refractivity contribution in [3.63, 3.8) is 0 Å². The van der Waals surface area contributed by atoms with Gasteiger partial charge in [0, 0.05) is 5.02 Å². The van der Waals surface area contributed by atoms with Gasteiger partial charge in [0.1, 0.15) is 0 Å². The van der Waals surface area contributed by atoms with Crippen LogP contribution in [0.25, 0.3) is 0 Å². The Morgan fingerprint density at radius 3 is 2.33 bits per heavy atom. The van der Waals surface area contributed by atoms with E-state index in [0.717, 1.165) is 0 Å². The molecular weight excluding hydrogens is 278 g/mol. The second-order valence-electron chi connectivity index (χ2n) is 4.17. The second kappa shape index (κ2) is 5.13. The molecule has 0 amide bonds. The molecule has 6 nitrogen and oxygen atoms in total. The number of hydrogen-bond acceptors (Lipinski definition) is 4. The molecule has 0 atom stereocenters. The summed E-state index contributed by atoms with van der Waals surface area (Å²) in [5.41, 5.74) is 4.21. The van der Waals surface area contributed by atoms with Crippen LogP contribution in [0.1, 0.15) is 13.8 Å². The van der Waals surface area contributed by atoms with E-state index in [-0.39, 0.29) is 10.7 Å². The maximum Gasteiger partial charge on any atom is 0.241 e. The number of halogens is 1. The molecule has 4 N–H and O–H groups in total. The highest BCUT2D eigenvalue weighted by atomic mass is 35.5. The van der Waals surface area contributed by atoms with Gasteiger partial charge in [-0.2, -0.15) is 4.72 Å². The van der Waals surface area contributed by atoms with Crippen LogP contribution < -0.4 is 10.5 Å². The van der Waals surface area contributed by atoms with Gasteiger partial charge >= 0.3 is 0 Å². The lowest BCUT2D eigenvalue weighted by molar-refractivity contribution is 0.312. The molecule has 0 aliphatic carbocycles. The lowest BCUT2D eigenvalue weighted by Crippen LogP contribution is -2.52. The smallest absolute Gasteiger partial charge is 0.241 e. The summed E-state index contributed by atoms with van der Waals surface area (Å²) in [6, 6.07) is 5.67. The molecule has 0 bridgehead atoms. The van der Waals surface area contributed by atoms with E-state index in [1.165, 1.54) is 38.1 Å². The zero-order valence-electron chi connectivity index (χ0n) is 9.88. The number of benzene rings is 1. The van der Waals surface area contributed by atoms with Gasteiger partial charge < -0.3 is 10.9 Å². The molecule has 1 rings (SSSR count). The standard InChI is InChI=1S/C10H14ClN3O3S/c1-10(2,9(12)13-15)14-18(16,17)8-5-3-7(11)4-6-8/h3-6,14-15H,1-2H3,(H2,12,13). The van der Waals surface area contributed by atoms with Crippen LogP contribution in [0.3, 0.4) is 0 Å². The molecule has 0 heterocycles. The van der Waals surface area contributed by atoms with Crippen molar-refractivity contribution in [2.45, 2.75) is 24.3 Å². The van der Waals surface area contributed by atoms with E-state index in [1.54, 1.807) is 0 Å². The van der Waals surface area contributed by atoms with Crippen molar-refractivity contribution in [3.8, 4) is 0 Å². The first-order valence-electron chi connectivity index (χ1n) is 4.96. The topological polar surface area (TPSA) is 105 Å². The van der Waals surface area contributed by atoms with Gasteiger partial charge in [-0.05, 0) is 38.1 Å². The first kappa shape index (κ1) is 14.7. The molecule has 0 aromatic heterocycles. The van der Waals surface area contributed by atoms with Gasteiger partial charge in [0.05, 0.1) is 10.4 Å². The Morgan fingerprint density at radius 1 is 1.39 bits per heavy atom. The fourth-order valence-electron chi connectivity index (χ4n) is 1.19. The maximum atomic E-state index is 12.0. The van der Waals surface area contributed by atoms with Crippen molar-refractivity contribution in [2.75, 3.05) is 0 Å². The minimum atomic E-state index is -3.77. The molecule has 0 aliphatic rings. The molecule has 8 heteroatoms. The average molecular weight is 292 g/mol. The zero-order chi connectivity index (χ0) is 14.0. The van der Waals surface area contributed by atoms with Crippen LogP contribution in [0, 0.1) is 0 Å². The average Bonchev–Trinajstić information content (AvgIpc) is 2.27. The lowest BCUT2D eigenvalue weighted by atomic mass is 10.1. The number of nitrogens with one attached hydrogen (secondary N) is 1. The van der Waals surface area contributed by atoms with Gasteiger partial charge in [0.15, 0.2) is 5.84 Å². The van der Waals surface area contributed by atoms with E-state index in [9.17, 15) is 8.42 Å². The van der Waals surface area contributed by atoms with Gasteiger partial charge in [-0.15, -0.1) is 0 Å². The summed E-state index contributed by atoms with van der Waals surface area (Å²) in [5, 5.41) is 11.8. The van der Waals surface area contributed by atoms with Gasteiger partial charge in [0.2, 0.25) is 10.0 Å². The van der Waals surface area contributed by atoms with Crippen molar-refractivity contribution in [1.82, 2.24) is 4.72 Å². The Balaban J connectivity index is 3.06. The number of oxime groups is 1. The first-order chi connectivity index (χ1) is 8.19. The monoisotopic (exact) mass is 291 g/mol. The fraction of sp³-hybridized carbons (Fsp3) is 0.300. The van der Waals surface area contributed by atoms with Crippen LogP contribution in [0.4, 0.5) is 0 Å². The molecule has 0 saturated carbocycles. The molecular formula is C10H14ClN3O3S. The molecule has 0 aliphatic heterocycles. The summed E-state index contributed by atoms with van der Waals surface area (Å²) in [5.74, 6) is -0.236. The van der Waals surface area contributed by atoms with Gasteiger partial charge in [-0.25, -0.2) is 8.42 Å². The first-order valence-corrected chi connectivity index (χ1v) is 6.83. The molecule has 100 valence electrons. The SMILES string of the molecule is CC(C)(NS(=O)(=O)c1ccc(Cl)cc1)/C(N)=N/O. The summed E-state index contributed by atoms with van der Waals surface area (Å²) in [6.07, 6.45) is 0. The number of hydrogen-bond donors (Lipinski definition) is 3. The molecule has 1 aromatic carbocycles. The van der Waals surface area contributed by atoms with E-state index >= 15 is 0 Å². The summed E-state index contributed by atoms with van der Waals surface area (Å²) < 4.78 is 26.4. The number of nitrogens with zero attached hydrogens (tertiary/aromatic N) is 1. The minimum absolute atomic E-state index is 0.0470. The Kier molecular flexibility index (Phi) is 4.20. The number of nitrogens with two attached hydrogens (primary N) is 1. The van der Waals surface area contributed by atoms with Crippen molar-refractivity contribution in [2.24, 2.45) is 10.9 Å². The van der Waals surface area contributed by atoms with E-state index < -0.39 is 15.6 Å². The van der Waals surface area contributed by atoms with E-state index in [1.807, 2.05) is 0 Å². The van der Waals surface area contributed by atoms with Crippen LogP contribution >= 0.6 is 11.6 Å². The Hall–Kier alpha value is -1.31. The van der Waals surface area contributed by atoms with E-state index in [4.69, 9.17) is 22.5 Å². The minimum Gasteiger partial charge on any atom is -0.409 e. The third-order valence-electron chi connectivity index (χ3n) is 2.26. The quantitative estimate of drug-likeness (QED) is 0.335. The number of rotatable bonds is 4. The van der Waals surface area contributed by atoms with Crippen LogP contribution in [0.5, 0.6) is 0 Å². The molecule has 0 spiro atoms. The summed E-state index contributed by atoms with van der Waals surface area (Å²) in [6.45, 7) is 2.96. The third kappa shape index (κ3) is 3.34. The van der Waals surface area contributed by atoms with E-state index in [2.05, 4.69) is 9.88 Å². The highest BCUT2D eigenvalue weighted by molar-refractivity contribution is 7.89. The van der Waals surface area contributed by atoms with Crippen LogP contribution in [0.15, 0.2) is 34.3 Å². The number of amidine groups is 1. The van der Waals surface area contributed by atoms with Crippen molar-refractivity contribution in [1.29, 1.82) is 0 Å². The second-order valence-corrected chi connectivity index (χ2v) is 6.29. The summed E-state index contributed by atoms with van der Waals surface area (Å²) in [4.78, 5) is 0.0470. The molecule has 0 saturated heterocycles. The van der Waals surface area contributed by atoms with Crippen LogP contribution in [-0.4, -0.2) is 25.0 Å². The molecule has 18 heavy (non-hydrogen) atoms. The fourth-order valence-corrected chi connectivity index (χ4v) is 2.70. The molecule has 0 unspecified atom stereocenters. The zero-order valence-corrected chi connectivity index (χ0v) is 11.5. The van der Waals surface area contributed by atoms with E-state index in [0.29, 0.717) is 5.02 Å². The van der Waals surface area contributed by atoms with Crippen LogP contribution in [-0.2, 0) is 10.0 Å². The van der Waals surface area contributed by atoms with Gasteiger partial charge in [-0.1, -0.05) is 16.8 Å². The Morgan fingerprint density at radius 2 is 1.89 bits per heavy atom. The summed E-state index contributed by atoms with van der Waals surface area (Å²) >= 11 is 5.68. The number of sulfonamides is 1. The maximum absolute atomic E-state index is 12.0. The van der Waals surface area contributed by atoms with Gasteiger partial charge in [-0.3, -0.25) is 0 Å². The summed E-state index contributed by atoms with van der Waals surface area (Å²) in [7, 11) is -3.77.